The first-order valence-electron chi connectivity index (χ1n) is 8.33. The Bertz CT molecular complexity index is 492. The highest BCUT2D eigenvalue weighted by molar-refractivity contribution is 5.25. The van der Waals surface area contributed by atoms with Crippen molar-refractivity contribution in [2.45, 2.75) is 76.0 Å². The Morgan fingerprint density at radius 2 is 1.95 bits per heavy atom. The summed E-state index contributed by atoms with van der Waals surface area (Å²) in [6.45, 7) is 1.95. The summed E-state index contributed by atoms with van der Waals surface area (Å²) in [7, 11) is 0. The van der Waals surface area contributed by atoms with Crippen LogP contribution in [-0.2, 0) is 13.0 Å². The zero-order valence-electron chi connectivity index (χ0n) is 12.1. The monoisotopic (exact) mass is 275 g/mol. The fraction of sp³-hybridized carbons (Fsp3) is 0.812. The summed E-state index contributed by atoms with van der Waals surface area (Å²) in [5.74, 6) is 1.95. The van der Waals surface area contributed by atoms with Crippen LogP contribution in [0.1, 0.15) is 74.1 Å². The molecule has 4 rings (SSSR count). The second-order valence-corrected chi connectivity index (χ2v) is 6.71. The van der Waals surface area contributed by atoms with E-state index in [-0.39, 0.29) is 12.1 Å². The molecule has 3 aliphatic rings. The molecule has 4 nitrogen and oxygen atoms in total. The van der Waals surface area contributed by atoms with E-state index in [0.29, 0.717) is 5.92 Å². The third kappa shape index (κ3) is 2.19. The van der Waals surface area contributed by atoms with Crippen LogP contribution in [0.15, 0.2) is 0 Å². The van der Waals surface area contributed by atoms with Crippen molar-refractivity contribution in [3.05, 3.63) is 17.2 Å². The van der Waals surface area contributed by atoms with Gasteiger partial charge in [0.25, 0.3) is 0 Å². The first-order chi connectivity index (χ1) is 9.84. The molecule has 0 saturated heterocycles. The number of hydrogen-bond acceptors (Lipinski definition) is 3. The first kappa shape index (κ1) is 12.8. The van der Waals surface area contributed by atoms with Crippen LogP contribution in [0.3, 0.4) is 0 Å². The number of hydrogen-bond donors (Lipinski definition) is 2. The van der Waals surface area contributed by atoms with Gasteiger partial charge < -0.3 is 15.0 Å². The van der Waals surface area contributed by atoms with Gasteiger partial charge in [0.15, 0.2) is 0 Å². The maximum Gasteiger partial charge on any atom is 0.112 e. The van der Waals surface area contributed by atoms with Gasteiger partial charge in [0, 0.05) is 31.1 Å². The number of aromatic nitrogens is 2. The Morgan fingerprint density at radius 3 is 2.80 bits per heavy atom. The molecule has 20 heavy (non-hydrogen) atoms. The smallest absolute Gasteiger partial charge is 0.112 e. The van der Waals surface area contributed by atoms with E-state index in [1.54, 1.807) is 0 Å². The van der Waals surface area contributed by atoms with Crippen molar-refractivity contribution in [1.82, 2.24) is 14.9 Å². The van der Waals surface area contributed by atoms with Crippen molar-refractivity contribution in [3.63, 3.8) is 0 Å². The lowest BCUT2D eigenvalue weighted by Gasteiger charge is -2.27. The van der Waals surface area contributed by atoms with Crippen LogP contribution in [-0.4, -0.2) is 27.3 Å². The molecule has 0 bridgehead atoms. The predicted molar refractivity (Wildman–Crippen MR) is 77.7 cm³/mol. The van der Waals surface area contributed by atoms with Gasteiger partial charge in [-0.05, 0) is 25.7 Å². The zero-order chi connectivity index (χ0) is 13.5. The lowest BCUT2D eigenvalue weighted by atomic mass is 10.0. The Balaban J connectivity index is 1.76. The Hall–Kier alpha value is -0.870. The lowest BCUT2D eigenvalue weighted by molar-refractivity contribution is 0.102. The van der Waals surface area contributed by atoms with Crippen molar-refractivity contribution < 1.29 is 5.11 Å². The minimum Gasteiger partial charge on any atom is -0.391 e. The summed E-state index contributed by atoms with van der Waals surface area (Å²) in [5, 5.41) is 14.0. The van der Waals surface area contributed by atoms with E-state index < -0.39 is 0 Å². The van der Waals surface area contributed by atoms with Gasteiger partial charge in [-0.1, -0.05) is 19.3 Å². The van der Waals surface area contributed by atoms with Gasteiger partial charge in [-0.3, -0.25) is 0 Å². The van der Waals surface area contributed by atoms with E-state index in [1.807, 2.05) is 0 Å². The van der Waals surface area contributed by atoms with E-state index in [4.69, 9.17) is 4.98 Å². The van der Waals surface area contributed by atoms with E-state index in [2.05, 4.69) is 9.88 Å². The normalized spacial score (nSPS) is 30.9. The Labute approximate surface area is 120 Å². The van der Waals surface area contributed by atoms with Crippen molar-refractivity contribution in [2.75, 3.05) is 6.54 Å². The van der Waals surface area contributed by atoms with Gasteiger partial charge in [-0.25, -0.2) is 4.98 Å². The van der Waals surface area contributed by atoms with Crippen LogP contribution < -0.4 is 5.32 Å². The summed E-state index contributed by atoms with van der Waals surface area (Å²) >= 11 is 0. The highest BCUT2D eigenvalue weighted by Gasteiger charge is 2.36. The molecule has 0 amide bonds. The molecule has 0 aromatic carbocycles. The molecule has 110 valence electrons. The largest absolute Gasteiger partial charge is 0.391 e. The number of nitrogens with one attached hydrogen (secondary N) is 1. The van der Waals surface area contributed by atoms with Gasteiger partial charge in [0.2, 0.25) is 0 Å². The van der Waals surface area contributed by atoms with Gasteiger partial charge in [0.1, 0.15) is 5.82 Å². The third-order valence-corrected chi connectivity index (χ3v) is 5.17. The van der Waals surface area contributed by atoms with Crippen molar-refractivity contribution in [3.8, 4) is 0 Å². The number of fused-ring (bicyclic) bond motifs is 1. The van der Waals surface area contributed by atoms with Crippen molar-refractivity contribution >= 4 is 0 Å². The molecule has 2 atom stereocenters. The maximum atomic E-state index is 10.6. The molecule has 2 N–H and O–H groups in total. The highest BCUT2D eigenvalue weighted by Crippen LogP contribution is 2.43. The van der Waals surface area contributed by atoms with Gasteiger partial charge in [-0.15, -0.1) is 0 Å². The molecule has 2 fully saturated rings. The Kier molecular flexibility index (Phi) is 3.31. The molecule has 0 spiro atoms. The summed E-state index contributed by atoms with van der Waals surface area (Å²) in [6.07, 6.45) is 9.23. The lowest BCUT2D eigenvalue weighted by Crippen LogP contribution is -2.30. The minimum absolute atomic E-state index is 0.178. The summed E-state index contributed by atoms with van der Waals surface area (Å²) < 4.78 is 2.48. The van der Waals surface area contributed by atoms with Crippen LogP contribution in [0.5, 0.6) is 0 Å². The van der Waals surface area contributed by atoms with Gasteiger partial charge in [-0.2, -0.15) is 0 Å². The van der Waals surface area contributed by atoms with Crippen LogP contribution in [0.2, 0.25) is 0 Å². The van der Waals surface area contributed by atoms with E-state index in [1.165, 1.54) is 49.3 Å². The molecule has 2 unspecified atom stereocenters. The highest BCUT2D eigenvalue weighted by atomic mass is 16.3. The molecule has 1 aromatic heterocycles. The maximum absolute atomic E-state index is 10.6. The van der Waals surface area contributed by atoms with Crippen LogP contribution in [0.4, 0.5) is 0 Å². The standard InChI is InChI=1S/C16H25N3O/c20-15-5-3-1-2-4-14(15)19-13-8-9-17-10-12(13)18-16(19)11-6-7-11/h11,14-15,17,20H,1-10H2. The second kappa shape index (κ2) is 5.15. The number of aliphatic hydroxyl groups is 1. The molecule has 2 heterocycles. The molecular weight excluding hydrogens is 250 g/mol. The fourth-order valence-electron chi connectivity index (χ4n) is 3.92. The average Bonchev–Trinajstić information content (AvgIpc) is 3.26. The topological polar surface area (TPSA) is 50.1 Å². The number of nitrogens with zero attached hydrogens (tertiary/aromatic N) is 2. The minimum atomic E-state index is -0.178. The first-order valence-corrected chi connectivity index (χ1v) is 8.33. The van der Waals surface area contributed by atoms with E-state index in [9.17, 15) is 5.11 Å². The van der Waals surface area contributed by atoms with E-state index >= 15 is 0 Å². The molecule has 1 aliphatic heterocycles. The van der Waals surface area contributed by atoms with Gasteiger partial charge >= 0.3 is 0 Å². The average molecular weight is 275 g/mol. The molecular formula is C16H25N3O. The number of imidazole rings is 1. The predicted octanol–water partition coefficient (Wildman–Crippen LogP) is 2.27. The fourth-order valence-corrected chi connectivity index (χ4v) is 3.92. The van der Waals surface area contributed by atoms with Crippen LogP contribution in [0.25, 0.3) is 0 Å². The molecule has 0 radical (unpaired) electrons. The molecule has 1 aromatic rings. The van der Waals surface area contributed by atoms with E-state index in [0.717, 1.165) is 32.4 Å². The molecule has 2 aliphatic carbocycles. The van der Waals surface area contributed by atoms with Crippen molar-refractivity contribution in [2.24, 2.45) is 0 Å². The Morgan fingerprint density at radius 1 is 1.10 bits per heavy atom. The third-order valence-electron chi connectivity index (χ3n) is 5.17. The van der Waals surface area contributed by atoms with Gasteiger partial charge in [0.05, 0.1) is 17.8 Å². The second-order valence-electron chi connectivity index (χ2n) is 6.71. The van der Waals surface area contributed by atoms with Crippen LogP contribution in [0, 0.1) is 0 Å². The number of rotatable bonds is 2. The van der Waals surface area contributed by atoms with Crippen LogP contribution >= 0.6 is 0 Å². The molecule has 4 heteroatoms. The summed E-state index contributed by atoms with van der Waals surface area (Å²) in [6, 6.07) is 0.280. The van der Waals surface area contributed by atoms with Crippen molar-refractivity contribution in [1.29, 1.82) is 0 Å². The molecule has 2 saturated carbocycles. The zero-order valence-corrected chi connectivity index (χ0v) is 12.1. The number of aliphatic hydroxyl groups excluding tert-OH is 1. The quantitative estimate of drug-likeness (QED) is 0.814. The summed E-state index contributed by atoms with van der Waals surface area (Å²) in [5.41, 5.74) is 2.66. The SMILES string of the molecule is OC1CCCCCC1n1c(C2CC2)nc2c1CCNC2. The summed E-state index contributed by atoms with van der Waals surface area (Å²) in [4.78, 5) is 4.94.